The van der Waals surface area contributed by atoms with Crippen LogP contribution in [0.15, 0.2) is 22.7 Å². The summed E-state index contributed by atoms with van der Waals surface area (Å²) in [5.41, 5.74) is 0.903. The number of phenols is 1. The van der Waals surface area contributed by atoms with Crippen molar-refractivity contribution < 1.29 is 18.8 Å². The van der Waals surface area contributed by atoms with Gasteiger partial charge in [0.05, 0.1) is 0 Å². The second-order valence-corrected chi connectivity index (χ2v) is 7.98. The fourth-order valence-corrected chi connectivity index (χ4v) is 4.16. The summed E-state index contributed by atoms with van der Waals surface area (Å²) in [5.74, 6) is 1.79. The molecule has 2 aliphatic heterocycles. The third-order valence-corrected chi connectivity index (χ3v) is 5.96. The molecule has 0 atom stereocenters. The minimum Gasteiger partial charge on any atom is -0.505 e. The summed E-state index contributed by atoms with van der Waals surface area (Å²) in [6.45, 7) is 4.30. The summed E-state index contributed by atoms with van der Waals surface area (Å²) in [7, 11) is 0. The van der Waals surface area contributed by atoms with Gasteiger partial charge in [0.2, 0.25) is 5.89 Å². The fraction of sp³-hybridized carbons (Fsp3) is 0.619. The number of aromatic hydroxyl groups is 1. The van der Waals surface area contributed by atoms with Crippen molar-refractivity contribution in [3.8, 4) is 5.75 Å². The molecule has 1 N–H and O–H groups in total. The lowest BCUT2D eigenvalue weighted by Gasteiger charge is -2.31. The van der Waals surface area contributed by atoms with Crippen LogP contribution in [-0.2, 0) is 17.7 Å². The molecule has 0 radical (unpaired) electrons. The summed E-state index contributed by atoms with van der Waals surface area (Å²) in [6.07, 6.45) is 6.11. The molecule has 0 unspecified atom stereocenters. The van der Waals surface area contributed by atoms with Gasteiger partial charge in [-0.25, -0.2) is 4.39 Å². The number of nitrogens with zero attached hydrogens (tertiary/aromatic N) is 3. The predicted molar refractivity (Wildman–Crippen MR) is 101 cm³/mol. The van der Waals surface area contributed by atoms with Crippen LogP contribution in [0.1, 0.15) is 55.3 Å². The maximum Gasteiger partial charge on any atom is 0.226 e. The molecule has 6 nitrogen and oxygen atoms in total. The van der Waals surface area contributed by atoms with Crippen LogP contribution < -0.4 is 0 Å². The number of aromatic nitrogens is 2. The van der Waals surface area contributed by atoms with Gasteiger partial charge < -0.3 is 14.4 Å². The number of benzene rings is 1. The highest BCUT2D eigenvalue weighted by Crippen LogP contribution is 2.27. The van der Waals surface area contributed by atoms with E-state index < -0.39 is 5.82 Å². The fourth-order valence-electron chi connectivity index (χ4n) is 4.16. The zero-order chi connectivity index (χ0) is 19.3. The number of aryl methyl sites for hydroxylation is 1. The first-order valence-corrected chi connectivity index (χ1v) is 10.3. The first kappa shape index (κ1) is 19.3. The third-order valence-electron chi connectivity index (χ3n) is 5.96. The van der Waals surface area contributed by atoms with Gasteiger partial charge in [-0.05, 0) is 68.8 Å². The van der Waals surface area contributed by atoms with Crippen LogP contribution in [0.25, 0.3) is 0 Å². The highest BCUT2D eigenvalue weighted by Gasteiger charge is 2.23. The Morgan fingerprint density at radius 3 is 2.68 bits per heavy atom. The third kappa shape index (κ3) is 4.89. The highest BCUT2D eigenvalue weighted by molar-refractivity contribution is 5.27. The molecule has 152 valence electrons. The Balaban J connectivity index is 1.20. The van der Waals surface area contributed by atoms with Crippen molar-refractivity contribution in [1.29, 1.82) is 0 Å². The zero-order valence-electron chi connectivity index (χ0n) is 16.1. The molecule has 0 saturated carbocycles. The van der Waals surface area contributed by atoms with Gasteiger partial charge in [0, 0.05) is 32.1 Å². The molecular weight excluding hydrogens is 361 g/mol. The van der Waals surface area contributed by atoms with Crippen molar-refractivity contribution in [1.82, 2.24) is 15.0 Å². The Morgan fingerprint density at radius 2 is 1.93 bits per heavy atom. The van der Waals surface area contributed by atoms with E-state index in [2.05, 4.69) is 15.0 Å². The van der Waals surface area contributed by atoms with Gasteiger partial charge in [-0.1, -0.05) is 11.2 Å². The Morgan fingerprint density at radius 1 is 1.14 bits per heavy atom. The molecule has 2 aliphatic rings. The Hall–Kier alpha value is -1.99. The zero-order valence-corrected chi connectivity index (χ0v) is 16.1. The first-order chi connectivity index (χ1) is 13.7. The number of halogens is 1. The maximum absolute atomic E-state index is 13.5. The molecule has 7 heteroatoms. The Labute approximate surface area is 164 Å². The number of hydrogen-bond acceptors (Lipinski definition) is 6. The molecule has 3 heterocycles. The summed E-state index contributed by atoms with van der Waals surface area (Å²) >= 11 is 0. The summed E-state index contributed by atoms with van der Waals surface area (Å²) in [4.78, 5) is 6.95. The van der Waals surface area contributed by atoms with Crippen LogP contribution >= 0.6 is 0 Å². The highest BCUT2D eigenvalue weighted by atomic mass is 19.1. The molecule has 1 aromatic carbocycles. The van der Waals surface area contributed by atoms with Gasteiger partial charge in [0.15, 0.2) is 17.4 Å². The standard InChI is InChI=1S/C21H28FN3O3/c22-18-13-16(1-3-19(18)26)14-25-9-5-15(6-10-25)2-4-20-23-21(24-28-20)17-7-11-27-12-8-17/h1,3,13,15,17,26H,2,4-12,14H2. The summed E-state index contributed by atoms with van der Waals surface area (Å²) in [5, 5.41) is 13.5. The number of rotatable bonds is 6. The van der Waals surface area contributed by atoms with E-state index in [1.54, 1.807) is 6.07 Å². The van der Waals surface area contributed by atoms with Gasteiger partial charge >= 0.3 is 0 Å². The molecule has 0 amide bonds. The lowest BCUT2D eigenvalue weighted by atomic mass is 9.92. The molecule has 28 heavy (non-hydrogen) atoms. The van der Waals surface area contributed by atoms with Crippen molar-refractivity contribution in [3.63, 3.8) is 0 Å². The molecular formula is C21H28FN3O3. The van der Waals surface area contributed by atoms with Crippen molar-refractivity contribution in [2.45, 2.75) is 51.0 Å². The maximum atomic E-state index is 13.5. The molecule has 0 spiro atoms. The topological polar surface area (TPSA) is 71.6 Å². The van der Waals surface area contributed by atoms with Crippen LogP contribution in [0.3, 0.4) is 0 Å². The average Bonchev–Trinajstić information content (AvgIpc) is 3.20. The number of likely N-dealkylation sites (tertiary alicyclic amines) is 1. The van der Waals surface area contributed by atoms with Gasteiger partial charge in [0.25, 0.3) is 0 Å². The summed E-state index contributed by atoms with van der Waals surface area (Å²) < 4.78 is 24.3. The van der Waals surface area contributed by atoms with E-state index in [0.29, 0.717) is 11.8 Å². The second kappa shape index (κ2) is 9.01. The number of piperidine rings is 1. The molecule has 2 fully saturated rings. The SMILES string of the molecule is Oc1ccc(CN2CCC(CCc3nc(C4CCOCC4)no3)CC2)cc1F. The van der Waals surface area contributed by atoms with E-state index >= 15 is 0 Å². The first-order valence-electron chi connectivity index (χ1n) is 10.3. The number of ether oxygens (including phenoxy) is 1. The van der Waals surface area contributed by atoms with Crippen molar-refractivity contribution in [3.05, 3.63) is 41.3 Å². The van der Waals surface area contributed by atoms with E-state index in [1.807, 2.05) is 0 Å². The van der Waals surface area contributed by atoms with Crippen LogP contribution in [0.2, 0.25) is 0 Å². The van der Waals surface area contributed by atoms with Crippen molar-refractivity contribution >= 4 is 0 Å². The Bertz CT molecular complexity index is 768. The minimum absolute atomic E-state index is 0.288. The lowest BCUT2D eigenvalue weighted by Crippen LogP contribution is -2.33. The molecule has 0 bridgehead atoms. The van der Waals surface area contributed by atoms with Crippen LogP contribution in [0.5, 0.6) is 5.75 Å². The van der Waals surface area contributed by atoms with Crippen LogP contribution in [-0.4, -0.2) is 46.5 Å². The normalized spacial score (nSPS) is 19.9. The molecule has 2 saturated heterocycles. The van der Waals surface area contributed by atoms with E-state index in [4.69, 9.17) is 9.26 Å². The quantitative estimate of drug-likeness (QED) is 0.813. The monoisotopic (exact) mass is 389 g/mol. The average molecular weight is 389 g/mol. The van der Waals surface area contributed by atoms with Gasteiger partial charge in [-0.2, -0.15) is 4.98 Å². The minimum atomic E-state index is -0.549. The number of phenolic OH excluding ortho intramolecular Hbond substituents is 1. The van der Waals surface area contributed by atoms with Crippen LogP contribution in [0.4, 0.5) is 4.39 Å². The van der Waals surface area contributed by atoms with Gasteiger partial charge in [-0.15, -0.1) is 0 Å². The van der Waals surface area contributed by atoms with E-state index in [0.717, 1.165) is 88.7 Å². The second-order valence-electron chi connectivity index (χ2n) is 7.98. The van der Waals surface area contributed by atoms with Gasteiger partial charge in [-0.3, -0.25) is 4.90 Å². The largest absolute Gasteiger partial charge is 0.505 e. The molecule has 4 rings (SSSR count). The van der Waals surface area contributed by atoms with Crippen LogP contribution in [0, 0.1) is 11.7 Å². The Kier molecular flexibility index (Phi) is 6.22. The van der Waals surface area contributed by atoms with E-state index in [-0.39, 0.29) is 5.75 Å². The van der Waals surface area contributed by atoms with Crippen molar-refractivity contribution in [2.24, 2.45) is 5.92 Å². The molecule has 1 aromatic heterocycles. The number of hydrogen-bond donors (Lipinski definition) is 1. The van der Waals surface area contributed by atoms with E-state index in [9.17, 15) is 9.50 Å². The lowest BCUT2D eigenvalue weighted by molar-refractivity contribution is 0.0830. The van der Waals surface area contributed by atoms with Crippen molar-refractivity contribution in [2.75, 3.05) is 26.3 Å². The molecule has 0 aliphatic carbocycles. The molecule has 2 aromatic rings. The van der Waals surface area contributed by atoms with E-state index in [1.165, 1.54) is 12.1 Å². The predicted octanol–water partition coefficient (Wildman–Crippen LogP) is 3.65. The summed E-state index contributed by atoms with van der Waals surface area (Å²) in [6, 6.07) is 4.64. The van der Waals surface area contributed by atoms with Gasteiger partial charge in [0.1, 0.15) is 0 Å². The smallest absolute Gasteiger partial charge is 0.226 e.